The molecule has 1 unspecified atom stereocenters. The van der Waals surface area contributed by atoms with Crippen LogP contribution in [0, 0.1) is 5.41 Å². The van der Waals surface area contributed by atoms with Crippen LogP contribution in [-0.2, 0) is 5.41 Å². The van der Waals surface area contributed by atoms with Crippen molar-refractivity contribution < 1.29 is 0 Å². The van der Waals surface area contributed by atoms with Crippen molar-refractivity contribution in [1.82, 2.24) is 0 Å². The van der Waals surface area contributed by atoms with Crippen LogP contribution in [0.15, 0.2) is 24.3 Å². The Labute approximate surface area is 104 Å². The normalized spacial score (nSPS) is 27.8. The summed E-state index contributed by atoms with van der Waals surface area (Å²) < 4.78 is 0. The summed E-state index contributed by atoms with van der Waals surface area (Å²) in [5.41, 5.74) is 9.89. The first kappa shape index (κ1) is 11.3. The van der Waals surface area contributed by atoms with Crippen LogP contribution < -0.4 is 5.73 Å². The summed E-state index contributed by atoms with van der Waals surface area (Å²) in [7, 11) is 0. The highest BCUT2D eigenvalue weighted by molar-refractivity contribution is 5.43. The molecular weight excluding hydrogens is 206 g/mol. The lowest BCUT2D eigenvalue weighted by molar-refractivity contribution is 0.224. The van der Waals surface area contributed by atoms with Gasteiger partial charge >= 0.3 is 0 Å². The van der Waals surface area contributed by atoms with Crippen LogP contribution in [0.25, 0.3) is 0 Å². The lowest BCUT2D eigenvalue weighted by Crippen LogP contribution is -2.37. The zero-order valence-electron chi connectivity index (χ0n) is 11.0. The molecule has 1 aromatic carbocycles. The second-order valence-electron chi connectivity index (χ2n) is 6.47. The molecule has 0 aromatic heterocycles. The van der Waals surface area contributed by atoms with Crippen molar-refractivity contribution in [2.45, 2.75) is 50.9 Å². The smallest absolute Gasteiger partial charge is 0.00441 e. The first-order valence-electron chi connectivity index (χ1n) is 6.90. The van der Waals surface area contributed by atoms with Crippen LogP contribution in [0.5, 0.6) is 0 Å². The number of hydrogen-bond donors (Lipinski definition) is 1. The molecule has 1 atom stereocenters. The third-order valence-electron chi connectivity index (χ3n) is 5.41. The Morgan fingerprint density at radius 2 is 1.94 bits per heavy atom. The summed E-state index contributed by atoms with van der Waals surface area (Å²) >= 11 is 0. The third-order valence-corrected chi connectivity index (χ3v) is 5.41. The van der Waals surface area contributed by atoms with E-state index in [4.69, 9.17) is 5.73 Å². The van der Waals surface area contributed by atoms with Crippen LogP contribution >= 0.6 is 0 Å². The van der Waals surface area contributed by atoms with E-state index < -0.39 is 0 Å². The van der Waals surface area contributed by atoms with Gasteiger partial charge in [-0.2, -0.15) is 0 Å². The van der Waals surface area contributed by atoms with Crippen LogP contribution in [0.2, 0.25) is 0 Å². The average molecular weight is 229 g/mol. The second-order valence-corrected chi connectivity index (χ2v) is 6.47. The molecule has 0 aliphatic heterocycles. The molecule has 1 heteroatoms. The molecule has 1 aromatic rings. The van der Waals surface area contributed by atoms with Gasteiger partial charge in [0.2, 0.25) is 0 Å². The van der Waals surface area contributed by atoms with Crippen molar-refractivity contribution in [1.29, 1.82) is 0 Å². The molecule has 3 rings (SSSR count). The zero-order chi connectivity index (χ0) is 12.1. The molecule has 0 amide bonds. The maximum Gasteiger partial charge on any atom is -0.00441 e. The molecule has 2 aliphatic rings. The maximum atomic E-state index is 5.79. The molecule has 1 nitrogen and oxygen atoms in total. The lowest BCUT2D eigenvalue weighted by atomic mass is 9.59. The summed E-state index contributed by atoms with van der Waals surface area (Å²) in [5.74, 6) is 0.701. The van der Waals surface area contributed by atoms with Gasteiger partial charge in [0.25, 0.3) is 0 Å². The minimum Gasteiger partial charge on any atom is -0.330 e. The molecule has 92 valence electrons. The minimum absolute atomic E-state index is 0.356. The molecule has 1 saturated carbocycles. The second kappa shape index (κ2) is 3.58. The van der Waals surface area contributed by atoms with Crippen LogP contribution in [0.1, 0.15) is 56.6 Å². The maximum absolute atomic E-state index is 5.79. The highest BCUT2D eigenvalue weighted by Gasteiger charge is 2.58. The Bertz CT molecular complexity index is 429. The molecule has 0 bridgehead atoms. The van der Waals surface area contributed by atoms with Gasteiger partial charge in [-0.3, -0.25) is 0 Å². The molecule has 17 heavy (non-hydrogen) atoms. The Kier molecular flexibility index (Phi) is 2.38. The number of hydrogen-bond acceptors (Lipinski definition) is 1. The molecule has 0 saturated heterocycles. The minimum atomic E-state index is 0.356. The van der Waals surface area contributed by atoms with E-state index in [1.807, 2.05) is 0 Å². The van der Waals surface area contributed by atoms with Gasteiger partial charge in [0.1, 0.15) is 0 Å². The Balaban J connectivity index is 2.09. The Morgan fingerprint density at radius 3 is 2.59 bits per heavy atom. The fraction of sp³-hybridized carbons (Fsp3) is 0.625. The quantitative estimate of drug-likeness (QED) is 0.824. The lowest BCUT2D eigenvalue weighted by Gasteiger charge is -2.45. The Morgan fingerprint density at radius 1 is 1.24 bits per heavy atom. The van der Waals surface area contributed by atoms with Gasteiger partial charge in [-0.1, -0.05) is 38.1 Å². The van der Waals surface area contributed by atoms with E-state index >= 15 is 0 Å². The van der Waals surface area contributed by atoms with Crippen molar-refractivity contribution in [2.24, 2.45) is 11.1 Å². The molecule has 1 fully saturated rings. The average Bonchev–Trinajstić information content (AvgIpc) is 3.08. The van der Waals surface area contributed by atoms with E-state index in [9.17, 15) is 0 Å². The fourth-order valence-corrected chi connectivity index (χ4v) is 3.98. The SMILES string of the molecule is CC1(C)c2ccccc2C(CCN)CC12CC2. The summed E-state index contributed by atoms with van der Waals surface area (Å²) in [5, 5.41) is 0. The number of benzene rings is 1. The first-order chi connectivity index (χ1) is 8.11. The third kappa shape index (κ3) is 1.48. The van der Waals surface area contributed by atoms with Gasteiger partial charge in [0.15, 0.2) is 0 Å². The van der Waals surface area contributed by atoms with Gasteiger partial charge in [-0.05, 0) is 60.1 Å². The number of rotatable bonds is 2. The highest BCUT2D eigenvalue weighted by atomic mass is 14.6. The predicted molar refractivity (Wildman–Crippen MR) is 72.2 cm³/mol. The fourth-order valence-electron chi connectivity index (χ4n) is 3.98. The summed E-state index contributed by atoms with van der Waals surface area (Å²) in [4.78, 5) is 0. The van der Waals surface area contributed by atoms with Gasteiger partial charge in [-0.15, -0.1) is 0 Å². The topological polar surface area (TPSA) is 26.0 Å². The molecule has 0 heterocycles. The van der Waals surface area contributed by atoms with E-state index in [1.165, 1.54) is 19.3 Å². The van der Waals surface area contributed by atoms with Gasteiger partial charge < -0.3 is 5.73 Å². The van der Waals surface area contributed by atoms with E-state index in [0.717, 1.165) is 13.0 Å². The summed E-state index contributed by atoms with van der Waals surface area (Å²) in [6.07, 6.45) is 5.33. The summed E-state index contributed by atoms with van der Waals surface area (Å²) in [6.45, 7) is 5.70. The van der Waals surface area contributed by atoms with Crippen LogP contribution in [-0.4, -0.2) is 6.54 Å². The molecule has 1 spiro atoms. The van der Waals surface area contributed by atoms with Crippen molar-refractivity contribution in [3.05, 3.63) is 35.4 Å². The Hall–Kier alpha value is -0.820. The standard InChI is InChI=1S/C16H23N/c1-15(2)14-6-4-3-5-13(14)12(7-10-17)11-16(15)8-9-16/h3-6,12H,7-11,17H2,1-2H3. The van der Waals surface area contributed by atoms with Crippen molar-refractivity contribution in [2.75, 3.05) is 6.54 Å². The van der Waals surface area contributed by atoms with Crippen molar-refractivity contribution in [3.8, 4) is 0 Å². The van der Waals surface area contributed by atoms with Crippen molar-refractivity contribution in [3.63, 3.8) is 0 Å². The van der Waals surface area contributed by atoms with E-state index in [1.54, 1.807) is 11.1 Å². The largest absolute Gasteiger partial charge is 0.330 e. The van der Waals surface area contributed by atoms with Gasteiger partial charge in [0, 0.05) is 0 Å². The van der Waals surface area contributed by atoms with Gasteiger partial charge in [-0.25, -0.2) is 0 Å². The highest BCUT2D eigenvalue weighted by Crippen LogP contribution is 2.67. The van der Waals surface area contributed by atoms with Gasteiger partial charge in [0.05, 0.1) is 0 Å². The van der Waals surface area contributed by atoms with E-state index in [-0.39, 0.29) is 0 Å². The van der Waals surface area contributed by atoms with Crippen LogP contribution in [0.4, 0.5) is 0 Å². The van der Waals surface area contributed by atoms with Crippen molar-refractivity contribution >= 4 is 0 Å². The summed E-state index contributed by atoms with van der Waals surface area (Å²) in [6, 6.07) is 9.05. The number of fused-ring (bicyclic) bond motifs is 1. The molecular formula is C16H23N. The van der Waals surface area contributed by atoms with E-state index in [2.05, 4.69) is 38.1 Å². The molecule has 0 radical (unpaired) electrons. The molecule has 2 aliphatic carbocycles. The number of nitrogens with two attached hydrogens (primary N) is 1. The first-order valence-corrected chi connectivity index (χ1v) is 6.90. The zero-order valence-corrected chi connectivity index (χ0v) is 11.0. The monoisotopic (exact) mass is 229 g/mol. The van der Waals surface area contributed by atoms with E-state index in [0.29, 0.717) is 16.7 Å². The predicted octanol–water partition coefficient (Wildman–Crippen LogP) is 3.58. The van der Waals surface area contributed by atoms with Crippen LogP contribution in [0.3, 0.4) is 0 Å². The molecule has 2 N–H and O–H groups in total.